The molecule has 1 saturated carbocycles. The SMILES string of the molecule is Cc1cccc(S(=O)(=O)CC2CCC(NC(=O)OC(C)(C)C)CC2)c1. The second-order valence-electron chi connectivity index (χ2n) is 7.96. The van der Waals surface area contributed by atoms with Gasteiger partial charge in [0.05, 0.1) is 10.6 Å². The minimum absolute atomic E-state index is 0.0628. The van der Waals surface area contributed by atoms with Crippen molar-refractivity contribution in [2.75, 3.05) is 5.75 Å². The zero-order chi connectivity index (χ0) is 18.7. The largest absolute Gasteiger partial charge is 0.444 e. The molecular formula is C19H29NO4S. The number of ether oxygens (including phenoxy) is 1. The Morgan fingerprint density at radius 3 is 2.40 bits per heavy atom. The van der Waals surface area contributed by atoms with Crippen molar-refractivity contribution < 1.29 is 17.9 Å². The van der Waals surface area contributed by atoms with Crippen molar-refractivity contribution in [3.8, 4) is 0 Å². The van der Waals surface area contributed by atoms with E-state index in [1.165, 1.54) is 0 Å². The van der Waals surface area contributed by atoms with Crippen LogP contribution in [0, 0.1) is 12.8 Å². The molecule has 0 unspecified atom stereocenters. The summed E-state index contributed by atoms with van der Waals surface area (Å²) in [4.78, 5) is 12.2. The Hall–Kier alpha value is -1.56. The van der Waals surface area contributed by atoms with Crippen molar-refractivity contribution in [1.29, 1.82) is 0 Å². The molecule has 140 valence electrons. The average Bonchev–Trinajstić information content (AvgIpc) is 2.47. The van der Waals surface area contributed by atoms with E-state index in [-0.39, 0.29) is 17.7 Å². The van der Waals surface area contributed by atoms with Crippen molar-refractivity contribution in [3.05, 3.63) is 29.8 Å². The third-order valence-electron chi connectivity index (χ3n) is 4.37. The van der Waals surface area contributed by atoms with E-state index in [9.17, 15) is 13.2 Å². The second-order valence-corrected chi connectivity index (χ2v) is 10.00. The van der Waals surface area contributed by atoms with Gasteiger partial charge in [0.1, 0.15) is 5.60 Å². The Kier molecular flexibility index (Phi) is 6.14. The van der Waals surface area contributed by atoms with Crippen LogP contribution in [0.5, 0.6) is 0 Å². The molecule has 5 nitrogen and oxygen atoms in total. The van der Waals surface area contributed by atoms with Crippen molar-refractivity contribution in [2.24, 2.45) is 5.92 Å². The van der Waals surface area contributed by atoms with Gasteiger partial charge >= 0.3 is 6.09 Å². The number of carbonyl (C=O) groups is 1. The number of nitrogens with one attached hydrogen (secondary N) is 1. The highest BCUT2D eigenvalue weighted by Gasteiger charge is 2.28. The van der Waals surface area contributed by atoms with Gasteiger partial charge in [-0.15, -0.1) is 0 Å². The summed E-state index contributed by atoms with van der Waals surface area (Å²) >= 11 is 0. The van der Waals surface area contributed by atoms with Gasteiger partial charge in [-0.25, -0.2) is 13.2 Å². The molecule has 1 N–H and O–H groups in total. The molecule has 1 aromatic rings. The number of hydrogen-bond acceptors (Lipinski definition) is 4. The fraction of sp³-hybridized carbons (Fsp3) is 0.632. The molecule has 0 aromatic heterocycles. The van der Waals surface area contributed by atoms with Crippen LogP contribution in [0.4, 0.5) is 4.79 Å². The van der Waals surface area contributed by atoms with Gasteiger partial charge in [-0.2, -0.15) is 0 Å². The van der Waals surface area contributed by atoms with Crippen molar-refractivity contribution in [1.82, 2.24) is 5.32 Å². The average molecular weight is 368 g/mol. The Morgan fingerprint density at radius 2 is 1.84 bits per heavy atom. The molecule has 0 heterocycles. The summed E-state index contributed by atoms with van der Waals surface area (Å²) in [7, 11) is -3.26. The highest BCUT2D eigenvalue weighted by atomic mass is 32.2. The number of benzene rings is 1. The number of hydrogen-bond donors (Lipinski definition) is 1. The second kappa shape index (κ2) is 7.77. The molecule has 2 rings (SSSR count). The van der Waals surface area contributed by atoms with Gasteiger partial charge in [0.2, 0.25) is 0 Å². The van der Waals surface area contributed by atoms with E-state index in [2.05, 4.69) is 5.32 Å². The fourth-order valence-electron chi connectivity index (χ4n) is 3.16. The van der Waals surface area contributed by atoms with Crippen LogP contribution >= 0.6 is 0 Å². The van der Waals surface area contributed by atoms with Crippen molar-refractivity contribution in [3.63, 3.8) is 0 Å². The smallest absolute Gasteiger partial charge is 0.407 e. The molecule has 25 heavy (non-hydrogen) atoms. The van der Waals surface area contributed by atoms with Crippen LogP contribution in [-0.4, -0.2) is 31.9 Å². The molecule has 1 aliphatic carbocycles. The molecule has 0 saturated heterocycles. The summed E-state index contributed by atoms with van der Waals surface area (Å²) in [5.74, 6) is 0.317. The van der Waals surface area contributed by atoms with Crippen LogP contribution in [0.25, 0.3) is 0 Å². The van der Waals surface area contributed by atoms with Crippen LogP contribution < -0.4 is 5.32 Å². The van der Waals surface area contributed by atoms with Crippen molar-refractivity contribution in [2.45, 2.75) is 69.9 Å². The van der Waals surface area contributed by atoms with Gasteiger partial charge in [0.25, 0.3) is 0 Å². The van der Waals surface area contributed by atoms with Gasteiger partial charge in [-0.1, -0.05) is 12.1 Å². The normalized spacial score (nSPS) is 21.6. The Morgan fingerprint density at radius 1 is 1.20 bits per heavy atom. The molecule has 0 aliphatic heterocycles. The Bertz CT molecular complexity index is 698. The highest BCUT2D eigenvalue weighted by Crippen LogP contribution is 2.28. The van der Waals surface area contributed by atoms with Gasteiger partial charge in [-0.3, -0.25) is 0 Å². The minimum Gasteiger partial charge on any atom is -0.444 e. The first-order valence-corrected chi connectivity index (χ1v) is 10.5. The maximum atomic E-state index is 12.6. The van der Waals surface area contributed by atoms with E-state index in [0.29, 0.717) is 4.90 Å². The summed E-state index contributed by atoms with van der Waals surface area (Å²) in [5, 5.41) is 2.89. The molecule has 0 radical (unpaired) electrons. The molecule has 0 spiro atoms. The van der Waals surface area contributed by atoms with Gasteiger partial charge < -0.3 is 10.1 Å². The summed E-state index contributed by atoms with van der Waals surface area (Å²) in [5.41, 5.74) is 0.440. The molecule has 0 atom stereocenters. The summed E-state index contributed by atoms with van der Waals surface area (Å²) in [6.07, 6.45) is 2.76. The third kappa shape index (κ3) is 6.34. The van der Waals surface area contributed by atoms with Gasteiger partial charge in [0.15, 0.2) is 9.84 Å². The molecule has 6 heteroatoms. The molecule has 0 bridgehead atoms. The maximum Gasteiger partial charge on any atom is 0.407 e. The predicted molar refractivity (Wildman–Crippen MR) is 98.3 cm³/mol. The first kappa shape index (κ1) is 19.8. The first-order chi connectivity index (χ1) is 11.5. The standard InChI is InChI=1S/C19H29NO4S/c1-14-6-5-7-17(12-14)25(22,23)13-15-8-10-16(11-9-15)20-18(21)24-19(2,3)4/h5-7,12,15-16H,8-11,13H2,1-4H3,(H,20,21). The quantitative estimate of drug-likeness (QED) is 0.877. The maximum absolute atomic E-state index is 12.6. The summed E-state index contributed by atoms with van der Waals surface area (Å²) < 4.78 is 30.4. The molecule has 1 aliphatic rings. The summed E-state index contributed by atoms with van der Waals surface area (Å²) in [6, 6.07) is 7.13. The summed E-state index contributed by atoms with van der Waals surface area (Å²) in [6.45, 7) is 7.39. The number of alkyl carbamates (subject to hydrolysis) is 1. The van der Waals surface area contributed by atoms with E-state index in [0.717, 1.165) is 31.2 Å². The Labute approximate surface area is 151 Å². The lowest BCUT2D eigenvalue weighted by Gasteiger charge is -2.30. The first-order valence-electron chi connectivity index (χ1n) is 8.84. The fourth-order valence-corrected chi connectivity index (χ4v) is 4.96. The van der Waals surface area contributed by atoms with Crippen LogP contribution in [0.1, 0.15) is 52.0 Å². The van der Waals surface area contributed by atoms with Crippen LogP contribution in [-0.2, 0) is 14.6 Å². The molecule has 1 aromatic carbocycles. The minimum atomic E-state index is -3.26. The van der Waals surface area contributed by atoms with Gasteiger partial charge in [0, 0.05) is 6.04 Å². The lowest BCUT2D eigenvalue weighted by atomic mass is 9.87. The molecule has 1 fully saturated rings. The Balaban J connectivity index is 1.85. The van der Waals surface area contributed by atoms with Crippen LogP contribution in [0.3, 0.4) is 0 Å². The monoisotopic (exact) mass is 367 g/mol. The number of carbonyl (C=O) groups excluding carboxylic acids is 1. The third-order valence-corrected chi connectivity index (χ3v) is 6.25. The van der Waals surface area contributed by atoms with Crippen molar-refractivity contribution >= 4 is 15.9 Å². The number of amides is 1. The highest BCUT2D eigenvalue weighted by molar-refractivity contribution is 7.91. The number of aryl methyl sites for hydroxylation is 1. The van der Waals surface area contributed by atoms with E-state index in [4.69, 9.17) is 4.74 Å². The van der Waals surface area contributed by atoms with E-state index < -0.39 is 21.5 Å². The van der Waals surface area contributed by atoms with Gasteiger partial charge in [-0.05, 0) is 77.0 Å². The van der Waals surface area contributed by atoms with E-state index >= 15 is 0 Å². The number of rotatable bonds is 4. The van der Waals surface area contributed by atoms with Crippen LogP contribution in [0.2, 0.25) is 0 Å². The zero-order valence-corrected chi connectivity index (χ0v) is 16.4. The molecular weight excluding hydrogens is 338 g/mol. The van der Waals surface area contributed by atoms with E-state index in [1.807, 2.05) is 33.8 Å². The lowest BCUT2D eigenvalue weighted by Crippen LogP contribution is -2.41. The lowest BCUT2D eigenvalue weighted by molar-refractivity contribution is 0.0488. The number of sulfone groups is 1. The topological polar surface area (TPSA) is 72.5 Å². The van der Waals surface area contributed by atoms with Crippen LogP contribution in [0.15, 0.2) is 29.2 Å². The zero-order valence-electron chi connectivity index (χ0n) is 15.5. The molecule has 1 amide bonds. The predicted octanol–water partition coefficient (Wildman–Crippen LogP) is 3.85. The van der Waals surface area contributed by atoms with E-state index in [1.54, 1.807) is 18.2 Å².